The van der Waals surface area contributed by atoms with E-state index in [1.807, 2.05) is 19.1 Å². The van der Waals surface area contributed by atoms with E-state index in [2.05, 4.69) is 5.32 Å². The smallest absolute Gasteiger partial charge is 0.259 e. The molecule has 1 aliphatic heterocycles. The van der Waals surface area contributed by atoms with Gasteiger partial charge in [-0.25, -0.2) is 0 Å². The fraction of sp³-hybridized carbons (Fsp3) is 0.222. The van der Waals surface area contributed by atoms with Crippen molar-refractivity contribution in [3.8, 4) is 5.75 Å². The third-order valence-electron chi connectivity index (χ3n) is 3.91. The lowest BCUT2D eigenvalue weighted by atomic mass is 10.1. The van der Waals surface area contributed by atoms with Crippen LogP contribution in [0.1, 0.15) is 28.8 Å². The average molecular weight is 310 g/mol. The summed E-state index contributed by atoms with van der Waals surface area (Å²) in [6.07, 6.45) is 1.47. The van der Waals surface area contributed by atoms with Crippen molar-refractivity contribution >= 4 is 23.2 Å². The molecule has 0 aromatic heterocycles. The number of benzene rings is 2. The molecule has 5 nitrogen and oxygen atoms in total. The van der Waals surface area contributed by atoms with Crippen LogP contribution in [0.15, 0.2) is 42.5 Å². The number of carbonyl (C=O) groups is 2. The van der Waals surface area contributed by atoms with E-state index < -0.39 is 0 Å². The number of amides is 2. The molecule has 23 heavy (non-hydrogen) atoms. The Morgan fingerprint density at radius 2 is 1.91 bits per heavy atom. The number of aromatic hydroxyl groups is 1. The first kappa shape index (κ1) is 15.1. The van der Waals surface area contributed by atoms with Crippen LogP contribution in [0.4, 0.5) is 11.4 Å². The molecule has 0 atom stereocenters. The van der Waals surface area contributed by atoms with Crippen LogP contribution in [0, 0.1) is 6.92 Å². The quantitative estimate of drug-likeness (QED) is 0.915. The summed E-state index contributed by atoms with van der Waals surface area (Å²) in [5, 5.41) is 12.5. The third-order valence-corrected chi connectivity index (χ3v) is 3.91. The van der Waals surface area contributed by atoms with Crippen molar-refractivity contribution in [3.05, 3.63) is 53.6 Å². The van der Waals surface area contributed by atoms with Gasteiger partial charge in [0.1, 0.15) is 5.75 Å². The van der Waals surface area contributed by atoms with Crippen LogP contribution in [0.5, 0.6) is 5.75 Å². The Morgan fingerprint density at radius 1 is 1.17 bits per heavy atom. The van der Waals surface area contributed by atoms with Crippen molar-refractivity contribution in [1.82, 2.24) is 0 Å². The van der Waals surface area contributed by atoms with Crippen molar-refractivity contribution in [2.24, 2.45) is 0 Å². The molecule has 0 bridgehead atoms. The molecule has 118 valence electrons. The summed E-state index contributed by atoms with van der Waals surface area (Å²) >= 11 is 0. The third kappa shape index (κ3) is 3.18. The molecule has 0 aliphatic carbocycles. The Bertz CT molecular complexity index is 753. The SMILES string of the molecule is Cc1ccc(O)c(C(=O)Nc2ccc(N3CCCC3=O)cc2)c1. The molecule has 0 saturated carbocycles. The summed E-state index contributed by atoms with van der Waals surface area (Å²) in [5.41, 5.74) is 2.59. The minimum atomic E-state index is -0.365. The number of carbonyl (C=O) groups excluding carboxylic acids is 2. The van der Waals surface area contributed by atoms with E-state index in [1.165, 1.54) is 6.07 Å². The number of nitrogens with zero attached hydrogens (tertiary/aromatic N) is 1. The Morgan fingerprint density at radius 3 is 2.57 bits per heavy atom. The lowest BCUT2D eigenvalue weighted by molar-refractivity contribution is -0.117. The van der Waals surface area contributed by atoms with E-state index in [9.17, 15) is 14.7 Å². The van der Waals surface area contributed by atoms with Gasteiger partial charge in [0, 0.05) is 24.3 Å². The van der Waals surface area contributed by atoms with E-state index >= 15 is 0 Å². The van der Waals surface area contributed by atoms with Gasteiger partial charge in [0.15, 0.2) is 0 Å². The van der Waals surface area contributed by atoms with Crippen LogP contribution >= 0.6 is 0 Å². The first-order valence-corrected chi connectivity index (χ1v) is 7.56. The van der Waals surface area contributed by atoms with Crippen molar-refractivity contribution in [3.63, 3.8) is 0 Å². The summed E-state index contributed by atoms with van der Waals surface area (Å²) in [6, 6.07) is 12.0. The van der Waals surface area contributed by atoms with Gasteiger partial charge in [0.25, 0.3) is 5.91 Å². The highest BCUT2D eigenvalue weighted by Crippen LogP contribution is 2.24. The van der Waals surface area contributed by atoms with E-state index in [1.54, 1.807) is 29.2 Å². The Kier molecular flexibility index (Phi) is 4.02. The van der Waals surface area contributed by atoms with Crippen molar-refractivity contribution in [2.45, 2.75) is 19.8 Å². The monoisotopic (exact) mass is 310 g/mol. The highest BCUT2D eigenvalue weighted by atomic mass is 16.3. The van der Waals surface area contributed by atoms with Crippen molar-refractivity contribution in [1.29, 1.82) is 0 Å². The predicted octanol–water partition coefficient (Wildman–Crippen LogP) is 3.08. The van der Waals surface area contributed by atoms with Crippen molar-refractivity contribution in [2.75, 3.05) is 16.8 Å². The number of nitrogens with one attached hydrogen (secondary N) is 1. The normalized spacial score (nSPS) is 14.1. The zero-order valence-electron chi connectivity index (χ0n) is 12.9. The fourth-order valence-electron chi connectivity index (χ4n) is 2.68. The molecular formula is C18H18N2O3. The summed E-state index contributed by atoms with van der Waals surface area (Å²) < 4.78 is 0. The van der Waals surface area contributed by atoms with Gasteiger partial charge in [-0.1, -0.05) is 11.6 Å². The van der Waals surface area contributed by atoms with Crippen LogP contribution in [-0.2, 0) is 4.79 Å². The number of hydrogen-bond acceptors (Lipinski definition) is 3. The zero-order chi connectivity index (χ0) is 16.4. The molecule has 0 unspecified atom stereocenters. The Balaban J connectivity index is 1.74. The maximum atomic E-state index is 12.2. The second-order valence-corrected chi connectivity index (χ2v) is 5.67. The standard InChI is InChI=1S/C18H18N2O3/c1-12-4-9-16(21)15(11-12)18(23)19-13-5-7-14(8-6-13)20-10-2-3-17(20)22/h4-9,11,21H,2-3,10H2,1H3,(H,19,23). The number of rotatable bonds is 3. The molecule has 2 aromatic rings. The highest BCUT2D eigenvalue weighted by molar-refractivity contribution is 6.06. The molecule has 1 heterocycles. The van der Waals surface area contributed by atoms with E-state index in [-0.39, 0.29) is 23.1 Å². The fourth-order valence-corrected chi connectivity index (χ4v) is 2.68. The van der Waals surface area contributed by atoms with Gasteiger partial charge in [-0.3, -0.25) is 9.59 Å². The molecular weight excluding hydrogens is 292 g/mol. The topological polar surface area (TPSA) is 69.6 Å². The van der Waals surface area contributed by atoms with Crippen LogP contribution in [0.3, 0.4) is 0 Å². The molecule has 1 saturated heterocycles. The van der Waals surface area contributed by atoms with Crippen molar-refractivity contribution < 1.29 is 14.7 Å². The highest BCUT2D eigenvalue weighted by Gasteiger charge is 2.21. The first-order chi connectivity index (χ1) is 11.0. The van der Waals surface area contributed by atoms with Crippen LogP contribution in [0.2, 0.25) is 0 Å². The number of hydrogen-bond donors (Lipinski definition) is 2. The maximum Gasteiger partial charge on any atom is 0.259 e. The summed E-state index contributed by atoms with van der Waals surface area (Å²) in [5.74, 6) is -0.282. The molecule has 2 aromatic carbocycles. The van der Waals surface area contributed by atoms with E-state index in [0.717, 1.165) is 24.2 Å². The minimum absolute atomic E-state index is 0.0487. The van der Waals surface area contributed by atoms with Gasteiger partial charge in [0.2, 0.25) is 5.91 Å². The van der Waals surface area contributed by atoms with E-state index in [0.29, 0.717) is 12.1 Å². The summed E-state index contributed by atoms with van der Waals surface area (Å²) in [6.45, 7) is 2.60. The Labute approximate surface area is 134 Å². The number of phenols is 1. The van der Waals surface area contributed by atoms with E-state index in [4.69, 9.17) is 0 Å². The summed E-state index contributed by atoms with van der Waals surface area (Å²) in [4.78, 5) is 25.7. The van der Waals surface area contributed by atoms with Gasteiger partial charge < -0.3 is 15.3 Å². The molecule has 0 radical (unpaired) electrons. The van der Waals surface area contributed by atoms with Crippen LogP contribution < -0.4 is 10.2 Å². The molecule has 2 amide bonds. The minimum Gasteiger partial charge on any atom is -0.507 e. The second kappa shape index (κ2) is 6.12. The van der Waals surface area contributed by atoms with Gasteiger partial charge in [-0.05, 0) is 49.7 Å². The number of phenolic OH excluding ortho intramolecular Hbond substituents is 1. The molecule has 5 heteroatoms. The van der Waals surface area contributed by atoms with Crippen LogP contribution in [0.25, 0.3) is 0 Å². The molecule has 2 N–H and O–H groups in total. The molecule has 3 rings (SSSR count). The lowest BCUT2D eigenvalue weighted by Gasteiger charge is -2.16. The van der Waals surface area contributed by atoms with Gasteiger partial charge in [-0.15, -0.1) is 0 Å². The van der Waals surface area contributed by atoms with Gasteiger partial charge in [-0.2, -0.15) is 0 Å². The largest absolute Gasteiger partial charge is 0.507 e. The first-order valence-electron chi connectivity index (χ1n) is 7.56. The second-order valence-electron chi connectivity index (χ2n) is 5.67. The predicted molar refractivity (Wildman–Crippen MR) is 88.8 cm³/mol. The number of anilines is 2. The zero-order valence-corrected chi connectivity index (χ0v) is 12.9. The molecule has 1 fully saturated rings. The van der Waals surface area contributed by atoms with Gasteiger partial charge in [0.05, 0.1) is 5.56 Å². The molecule has 0 spiro atoms. The average Bonchev–Trinajstić information content (AvgIpc) is 2.96. The molecule has 1 aliphatic rings. The van der Waals surface area contributed by atoms with Crippen LogP contribution in [-0.4, -0.2) is 23.5 Å². The summed E-state index contributed by atoms with van der Waals surface area (Å²) in [7, 11) is 0. The number of aryl methyl sites for hydroxylation is 1. The van der Waals surface area contributed by atoms with Gasteiger partial charge >= 0.3 is 0 Å². The maximum absolute atomic E-state index is 12.2. The Hall–Kier alpha value is -2.82. The lowest BCUT2D eigenvalue weighted by Crippen LogP contribution is -2.23.